The maximum absolute atomic E-state index is 9.67. The zero-order valence-corrected chi connectivity index (χ0v) is 10.1. The van der Waals surface area contributed by atoms with Crippen LogP contribution in [0.4, 0.5) is 0 Å². The molecule has 1 aromatic rings. The third-order valence-electron chi connectivity index (χ3n) is 3.76. The van der Waals surface area contributed by atoms with Crippen molar-refractivity contribution in [1.29, 1.82) is 0 Å². The van der Waals surface area contributed by atoms with E-state index in [2.05, 4.69) is 30.0 Å². The predicted octanol–water partition coefficient (Wildman–Crippen LogP) is 1.85. The van der Waals surface area contributed by atoms with Gasteiger partial charge in [0.25, 0.3) is 0 Å². The molecule has 1 aliphatic rings. The Morgan fingerprint density at radius 2 is 2.25 bits per heavy atom. The SMILES string of the molecule is CN(C)C(c1cccnc1)C1(CO)CCC1. The summed E-state index contributed by atoms with van der Waals surface area (Å²) >= 11 is 0. The van der Waals surface area contributed by atoms with E-state index in [0.29, 0.717) is 0 Å². The number of nitrogens with zero attached hydrogens (tertiary/aromatic N) is 2. The van der Waals surface area contributed by atoms with E-state index in [1.54, 1.807) is 6.20 Å². The van der Waals surface area contributed by atoms with E-state index in [1.165, 1.54) is 12.0 Å². The van der Waals surface area contributed by atoms with Gasteiger partial charge in [-0.2, -0.15) is 0 Å². The average molecular weight is 220 g/mol. The van der Waals surface area contributed by atoms with E-state index >= 15 is 0 Å². The first-order chi connectivity index (χ1) is 7.69. The molecule has 0 spiro atoms. The van der Waals surface area contributed by atoms with E-state index in [9.17, 15) is 5.11 Å². The minimum Gasteiger partial charge on any atom is -0.396 e. The number of rotatable bonds is 4. The van der Waals surface area contributed by atoms with Crippen LogP contribution in [0.1, 0.15) is 30.9 Å². The minimum absolute atomic E-state index is 0.0481. The molecule has 0 aromatic carbocycles. The van der Waals surface area contributed by atoms with Crippen LogP contribution in [-0.4, -0.2) is 35.7 Å². The van der Waals surface area contributed by atoms with E-state index < -0.39 is 0 Å². The van der Waals surface area contributed by atoms with Gasteiger partial charge in [-0.15, -0.1) is 0 Å². The Morgan fingerprint density at radius 3 is 2.62 bits per heavy atom. The third kappa shape index (κ3) is 1.85. The van der Waals surface area contributed by atoms with E-state index in [1.807, 2.05) is 12.3 Å². The lowest BCUT2D eigenvalue weighted by Crippen LogP contribution is -2.45. The first-order valence-electron chi connectivity index (χ1n) is 5.87. The highest BCUT2D eigenvalue weighted by atomic mass is 16.3. The van der Waals surface area contributed by atoms with Gasteiger partial charge in [0.2, 0.25) is 0 Å². The molecular weight excluding hydrogens is 200 g/mol. The summed E-state index contributed by atoms with van der Waals surface area (Å²) in [5.74, 6) is 0. The van der Waals surface area contributed by atoms with E-state index in [0.717, 1.165) is 12.8 Å². The van der Waals surface area contributed by atoms with Crippen LogP contribution in [0.25, 0.3) is 0 Å². The minimum atomic E-state index is 0.0481. The molecule has 0 aliphatic heterocycles. The maximum atomic E-state index is 9.67. The monoisotopic (exact) mass is 220 g/mol. The lowest BCUT2D eigenvalue weighted by molar-refractivity contribution is -0.0309. The fourth-order valence-corrected chi connectivity index (χ4v) is 2.89. The van der Waals surface area contributed by atoms with E-state index in [-0.39, 0.29) is 18.1 Å². The van der Waals surface area contributed by atoms with Crippen LogP contribution in [-0.2, 0) is 0 Å². The van der Waals surface area contributed by atoms with Crippen molar-refractivity contribution in [2.24, 2.45) is 5.41 Å². The summed E-state index contributed by atoms with van der Waals surface area (Å²) in [5, 5.41) is 9.67. The van der Waals surface area contributed by atoms with Gasteiger partial charge in [0.1, 0.15) is 0 Å². The highest BCUT2D eigenvalue weighted by Gasteiger charge is 2.45. The zero-order valence-electron chi connectivity index (χ0n) is 10.1. The van der Waals surface area contributed by atoms with Gasteiger partial charge in [-0.05, 0) is 38.6 Å². The van der Waals surface area contributed by atoms with Gasteiger partial charge in [-0.1, -0.05) is 12.5 Å². The van der Waals surface area contributed by atoms with Crippen molar-refractivity contribution in [3.8, 4) is 0 Å². The lowest BCUT2D eigenvalue weighted by Gasteiger charge is -2.49. The average Bonchev–Trinajstić information content (AvgIpc) is 2.24. The van der Waals surface area contributed by atoms with Crippen molar-refractivity contribution in [3.05, 3.63) is 30.1 Å². The van der Waals surface area contributed by atoms with Gasteiger partial charge in [0, 0.05) is 23.9 Å². The molecule has 1 fully saturated rings. The topological polar surface area (TPSA) is 36.4 Å². The quantitative estimate of drug-likeness (QED) is 0.841. The second-order valence-electron chi connectivity index (χ2n) is 5.03. The highest BCUT2D eigenvalue weighted by molar-refractivity contribution is 5.19. The summed E-state index contributed by atoms with van der Waals surface area (Å²) in [5.41, 5.74) is 1.26. The van der Waals surface area contributed by atoms with Crippen LogP contribution in [0.5, 0.6) is 0 Å². The first-order valence-corrected chi connectivity index (χ1v) is 5.87. The fraction of sp³-hybridized carbons (Fsp3) is 0.615. The Hall–Kier alpha value is -0.930. The molecular formula is C13H20N2O. The van der Waals surface area contributed by atoms with Crippen LogP contribution in [0.15, 0.2) is 24.5 Å². The van der Waals surface area contributed by atoms with Crippen LogP contribution in [0.3, 0.4) is 0 Å². The van der Waals surface area contributed by atoms with Crippen LogP contribution >= 0.6 is 0 Å². The Balaban J connectivity index is 2.31. The number of aliphatic hydroxyl groups is 1. The van der Waals surface area contributed by atoms with Crippen molar-refractivity contribution < 1.29 is 5.11 Å². The van der Waals surface area contributed by atoms with Gasteiger partial charge in [-0.3, -0.25) is 4.98 Å². The number of aromatic nitrogens is 1. The fourth-order valence-electron chi connectivity index (χ4n) is 2.89. The van der Waals surface area contributed by atoms with Crippen molar-refractivity contribution in [3.63, 3.8) is 0 Å². The van der Waals surface area contributed by atoms with Crippen molar-refractivity contribution in [2.75, 3.05) is 20.7 Å². The summed E-state index contributed by atoms with van der Waals surface area (Å²) in [6.07, 6.45) is 7.16. The molecule has 1 unspecified atom stereocenters. The van der Waals surface area contributed by atoms with Gasteiger partial charge in [0.15, 0.2) is 0 Å². The smallest absolute Gasteiger partial charge is 0.0505 e. The number of hydrogen-bond acceptors (Lipinski definition) is 3. The molecule has 3 heteroatoms. The molecule has 1 heterocycles. The lowest BCUT2D eigenvalue weighted by atomic mass is 9.62. The molecule has 0 bridgehead atoms. The van der Waals surface area contributed by atoms with Gasteiger partial charge in [0.05, 0.1) is 6.61 Å². The van der Waals surface area contributed by atoms with Gasteiger partial charge >= 0.3 is 0 Å². The molecule has 1 saturated carbocycles. The number of pyridine rings is 1. The standard InChI is InChI=1S/C13H20N2O/c1-15(2)12(11-5-3-8-14-9-11)13(10-16)6-4-7-13/h3,5,8-9,12,16H,4,6-7,10H2,1-2H3. The van der Waals surface area contributed by atoms with Crippen LogP contribution < -0.4 is 0 Å². The third-order valence-corrected chi connectivity index (χ3v) is 3.76. The van der Waals surface area contributed by atoms with E-state index in [4.69, 9.17) is 0 Å². The summed E-state index contributed by atoms with van der Waals surface area (Å²) < 4.78 is 0. The summed E-state index contributed by atoms with van der Waals surface area (Å²) in [7, 11) is 4.15. The molecule has 2 rings (SSSR count). The molecule has 0 amide bonds. The maximum Gasteiger partial charge on any atom is 0.0505 e. The Morgan fingerprint density at radius 1 is 1.50 bits per heavy atom. The molecule has 1 N–H and O–H groups in total. The highest BCUT2D eigenvalue weighted by Crippen LogP contribution is 2.51. The van der Waals surface area contributed by atoms with Crippen molar-refractivity contribution >= 4 is 0 Å². The van der Waals surface area contributed by atoms with Crippen molar-refractivity contribution in [2.45, 2.75) is 25.3 Å². The van der Waals surface area contributed by atoms with Gasteiger partial charge < -0.3 is 10.0 Å². The molecule has 0 saturated heterocycles. The molecule has 88 valence electrons. The van der Waals surface area contributed by atoms with Crippen LogP contribution in [0, 0.1) is 5.41 Å². The Bertz CT molecular complexity index is 328. The summed E-state index contributed by atoms with van der Waals surface area (Å²) in [6.45, 7) is 0.269. The van der Waals surface area contributed by atoms with Crippen molar-refractivity contribution in [1.82, 2.24) is 9.88 Å². The Labute approximate surface area is 97.1 Å². The predicted molar refractivity (Wildman–Crippen MR) is 64.0 cm³/mol. The second kappa shape index (κ2) is 4.52. The second-order valence-corrected chi connectivity index (χ2v) is 5.03. The largest absolute Gasteiger partial charge is 0.396 e. The molecule has 3 nitrogen and oxygen atoms in total. The number of hydrogen-bond donors (Lipinski definition) is 1. The molecule has 1 aliphatic carbocycles. The molecule has 16 heavy (non-hydrogen) atoms. The normalized spacial score (nSPS) is 20.5. The van der Waals surface area contributed by atoms with Gasteiger partial charge in [-0.25, -0.2) is 0 Å². The Kier molecular flexibility index (Phi) is 3.26. The molecule has 1 aromatic heterocycles. The molecule has 0 radical (unpaired) electrons. The van der Waals surface area contributed by atoms with Crippen LogP contribution in [0.2, 0.25) is 0 Å². The number of aliphatic hydroxyl groups excluding tert-OH is 1. The summed E-state index contributed by atoms with van der Waals surface area (Å²) in [4.78, 5) is 6.39. The summed E-state index contributed by atoms with van der Waals surface area (Å²) in [6, 6.07) is 4.35. The zero-order chi connectivity index (χ0) is 11.6. The first kappa shape index (κ1) is 11.6. The molecule has 1 atom stereocenters.